The molecule has 20 heavy (non-hydrogen) atoms. The fourth-order valence-electron chi connectivity index (χ4n) is 2.06. The van der Waals surface area contributed by atoms with Gasteiger partial charge in [-0.2, -0.15) is 0 Å². The lowest BCUT2D eigenvalue weighted by Gasteiger charge is -2.27. The fourth-order valence-corrected chi connectivity index (χ4v) is 4.53. The van der Waals surface area contributed by atoms with Gasteiger partial charge < -0.3 is 4.90 Å². The van der Waals surface area contributed by atoms with Gasteiger partial charge in [-0.25, -0.2) is 13.1 Å². The first-order valence-corrected chi connectivity index (χ1v) is 8.52. The van der Waals surface area contributed by atoms with E-state index in [4.69, 9.17) is 0 Å². The number of rotatable bonds is 3. The quantitative estimate of drug-likeness (QED) is 0.891. The normalized spacial score (nSPS) is 20.0. The molecule has 2 heterocycles. The van der Waals surface area contributed by atoms with E-state index >= 15 is 0 Å². The van der Waals surface area contributed by atoms with Gasteiger partial charge in [0.1, 0.15) is 4.21 Å². The van der Waals surface area contributed by atoms with Gasteiger partial charge in [0.05, 0.1) is 0 Å². The summed E-state index contributed by atoms with van der Waals surface area (Å²) in [5.74, 6) is -1.31. The van der Waals surface area contributed by atoms with Crippen molar-refractivity contribution >= 4 is 33.2 Å². The lowest BCUT2D eigenvalue weighted by atomic mass is 9.96. The van der Waals surface area contributed by atoms with Crippen LogP contribution in [0.3, 0.4) is 0 Å². The molecule has 1 N–H and O–H groups in total. The Kier molecular flexibility index (Phi) is 4.14. The Morgan fingerprint density at radius 1 is 1.50 bits per heavy atom. The van der Waals surface area contributed by atoms with Crippen LogP contribution in [0.5, 0.6) is 0 Å². The highest BCUT2D eigenvalue weighted by Crippen LogP contribution is 2.23. The van der Waals surface area contributed by atoms with Crippen LogP contribution in [-0.4, -0.2) is 38.7 Å². The molecule has 1 atom stereocenters. The molecule has 110 valence electrons. The van der Waals surface area contributed by atoms with Crippen LogP contribution in [0.4, 0.5) is 0 Å². The highest BCUT2D eigenvalue weighted by atomic mass is 32.2. The number of nitrogens with zero attached hydrogens (tertiary/aromatic N) is 1. The summed E-state index contributed by atoms with van der Waals surface area (Å²) in [6.45, 7) is 2.14. The zero-order chi connectivity index (χ0) is 14.9. The number of aryl methyl sites for hydroxylation is 1. The molecule has 6 nitrogen and oxygen atoms in total. The van der Waals surface area contributed by atoms with Crippen LogP contribution >= 0.6 is 11.3 Å². The van der Waals surface area contributed by atoms with Crippen molar-refractivity contribution in [1.82, 2.24) is 9.62 Å². The number of carbonyl (C=O) groups excluding carboxylic acids is 2. The first-order valence-electron chi connectivity index (χ1n) is 6.16. The summed E-state index contributed by atoms with van der Waals surface area (Å²) < 4.78 is 26.4. The first-order chi connectivity index (χ1) is 9.31. The van der Waals surface area contributed by atoms with Crippen molar-refractivity contribution in [1.29, 1.82) is 0 Å². The van der Waals surface area contributed by atoms with Crippen LogP contribution in [0.1, 0.15) is 18.4 Å². The number of hydrogen-bond donors (Lipinski definition) is 1. The minimum atomic E-state index is -3.83. The van der Waals surface area contributed by atoms with Crippen LogP contribution in [0.25, 0.3) is 0 Å². The van der Waals surface area contributed by atoms with Crippen LogP contribution in [0.15, 0.2) is 15.7 Å². The molecular weight excluding hydrogens is 300 g/mol. The van der Waals surface area contributed by atoms with E-state index in [0.29, 0.717) is 18.5 Å². The molecule has 1 aromatic rings. The molecule has 0 radical (unpaired) electrons. The van der Waals surface area contributed by atoms with Gasteiger partial charge in [-0.3, -0.25) is 9.59 Å². The van der Waals surface area contributed by atoms with Crippen LogP contribution in [0.2, 0.25) is 0 Å². The molecule has 0 aliphatic carbocycles. The van der Waals surface area contributed by atoms with Gasteiger partial charge in [0, 0.05) is 25.9 Å². The zero-order valence-electron chi connectivity index (χ0n) is 11.3. The maximum absolute atomic E-state index is 12.1. The van der Waals surface area contributed by atoms with E-state index in [2.05, 4.69) is 4.72 Å². The molecule has 1 fully saturated rings. The van der Waals surface area contributed by atoms with Crippen molar-refractivity contribution in [2.24, 2.45) is 5.92 Å². The third kappa shape index (κ3) is 3.01. The predicted octanol–water partition coefficient (Wildman–Crippen LogP) is 0.730. The van der Waals surface area contributed by atoms with E-state index in [-0.39, 0.29) is 16.5 Å². The Labute approximate surface area is 121 Å². The molecular formula is C12H16N2O4S2. The summed E-state index contributed by atoms with van der Waals surface area (Å²) >= 11 is 1.07. The van der Waals surface area contributed by atoms with Crippen molar-refractivity contribution in [3.63, 3.8) is 0 Å². The second-order valence-electron chi connectivity index (χ2n) is 4.87. The van der Waals surface area contributed by atoms with Crippen LogP contribution < -0.4 is 4.72 Å². The zero-order valence-corrected chi connectivity index (χ0v) is 12.9. The van der Waals surface area contributed by atoms with Crippen LogP contribution in [-0.2, 0) is 19.6 Å². The van der Waals surface area contributed by atoms with Gasteiger partial charge in [-0.15, -0.1) is 11.3 Å². The lowest BCUT2D eigenvalue weighted by molar-refractivity contribution is -0.138. The monoisotopic (exact) mass is 316 g/mol. The maximum atomic E-state index is 12.1. The van der Waals surface area contributed by atoms with Gasteiger partial charge in [-0.05, 0) is 30.4 Å². The maximum Gasteiger partial charge on any atom is 0.273 e. The van der Waals surface area contributed by atoms with Crippen LogP contribution in [0, 0.1) is 12.8 Å². The topological polar surface area (TPSA) is 83.6 Å². The highest BCUT2D eigenvalue weighted by Gasteiger charge is 2.31. The highest BCUT2D eigenvalue weighted by molar-refractivity contribution is 7.92. The Bertz CT molecular complexity index is 636. The number of thiophene rings is 1. The number of hydrogen-bond acceptors (Lipinski definition) is 5. The van der Waals surface area contributed by atoms with Crippen molar-refractivity contribution in [2.45, 2.75) is 24.0 Å². The number of nitrogens with one attached hydrogen (secondary N) is 1. The number of carbonyl (C=O) groups is 2. The van der Waals surface area contributed by atoms with Gasteiger partial charge >= 0.3 is 0 Å². The molecule has 1 aromatic heterocycles. The van der Waals surface area contributed by atoms with Gasteiger partial charge in [-0.1, -0.05) is 0 Å². The average Bonchev–Trinajstić information content (AvgIpc) is 2.79. The molecule has 0 aromatic carbocycles. The van der Waals surface area contributed by atoms with E-state index in [0.717, 1.165) is 11.3 Å². The predicted molar refractivity (Wildman–Crippen MR) is 74.7 cm³/mol. The van der Waals surface area contributed by atoms with E-state index < -0.39 is 21.8 Å². The van der Waals surface area contributed by atoms with Crippen molar-refractivity contribution in [2.75, 3.05) is 13.6 Å². The van der Waals surface area contributed by atoms with Gasteiger partial charge in [0.25, 0.3) is 10.0 Å². The van der Waals surface area contributed by atoms with E-state index in [1.54, 1.807) is 30.3 Å². The largest absolute Gasteiger partial charge is 0.346 e. The molecule has 0 saturated carbocycles. The second-order valence-corrected chi connectivity index (χ2v) is 7.66. The summed E-state index contributed by atoms with van der Waals surface area (Å²) in [5, 5.41) is 1.66. The standard InChI is InChI=1S/C12H16N2O4S2/c1-8-4-6-19-12(8)20(17,18)13-11(16)9-3-5-14(2)10(15)7-9/h4,6,9H,3,5,7H2,1-2H3,(H,13,16)/t9-/m0/s1. The van der Waals surface area contributed by atoms with E-state index in [1.165, 1.54) is 0 Å². The third-order valence-corrected chi connectivity index (χ3v) is 6.36. The first kappa shape index (κ1) is 15.0. The second kappa shape index (κ2) is 5.53. The summed E-state index contributed by atoms with van der Waals surface area (Å²) in [6.07, 6.45) is 0.536. The lowest BCUT2D eigenvalue weighted by Crippen LogP contribution is -2.43. The molecule has 1 aliphatic heterocycles. The third-order valence-electron chi connectivity index (χ3n) is 3.32. The summed E-state index contributed by atoms with van der Waals surface area (Å²) in [4.78, 5) is 25.1. The molecule has 1 aliphatic rings. The average molecular weight is 316 g/mol. The van der Waals surface area contributed by atoms with Crippen molar-refractivity contribution in [3.05, 3.63) is 17.0 Å². The molecule has 1 saturated heterocycles. The fraction of sp³-hybridized carbons (Fsp3) is 0.500. The molecule has 0 spiro atoms. The Morgan fingerprint density at radius 3 is 2.75 bits per heavy atom. The molecule has 8 heteroatoms. The van der Waals surface area contributed by atoms with Crippen molar-refractivity contribution < 1.29 is 18.0 Å². The SMILES string of the molecule is Cc1ccsc1S(=O)(=O)NC(=O)[C@H]1CCN(C)C(=O)C1. The number of likely N-dealkylation sites (tertiary alicyclic amines) is 1. The molecule has 2 amide bonds. The minimum Gasteiger partial charge on any atom is -0.346 e. The number of piperidine rings is 1. The smallest absolute Gasteiger partial charge is 0.273 e. The van der Waals surface area contributed by atoms with E-state index in [1.807, 2.05) is 0 Å². The molecule has 0 unspecified atom stereocenters. The summed E-state index contributed by atoms with van der Waals surface area (Å²) in [7, 11) is -2.16. The van der Waals surface area contributed by atoms with Gasteiger partial charge in [0.2, 0.25) is 11.8 Å². The Balaban J connectivity index is 2.09. The summed E-state index contributed by atoms with van der Waals surface area (Å²) in [5.41, 5.74) is 0.606. The van der Waals surface area contributed by atoms with E-state index in [9.17, 15) is 18.0 Å². The van der Waals surface area contributed by atoms with Gasteiger partial charge in [0.15, 0.2) is 0 Å². The number of amides is 2. The minimum absolute atomic E-state index is 0.0568. The molecule has 0 bridgehead atoms. The van der Waals surface area contributed by atoms with Crippen molar-refractivity contribution in [3.8, 4) is 0 Å². The Hall–Kier alpha value is -1.41. The summed E-state index contributed by atoms with van der Waals surface area (Å²) in [6, 6.07) is 1.68. The molecule has 2 rings (SSSR count). The Morgan fingerprint density at radius 2 is 2.20 bits per heavy atom. The number of sulfonamides is 1.